The van der Waals surface area contributed by atoms with Crippen LogP contribution in [0.25, 0.3) is 0 Å². The molecule has 0 bridgehead atoms. The topological polar surface area (TPSA) is 33.5 Å². The zero-order valence-corrected chi connectivity index (χ0v) is 18.3. The average Bonchev–Trinajstić information content (AvgIpc) is 2.72. The van der Waals surface area contributed by atoms with E-state index < -0.39 is 21.7 Å². The Balaban J connectivity index is 1.89. The lowest BCUT2D eigenvalue weighted by molar-refractivity contribution is -0.953. The smallest absolute Gasteiger partial charge is 0.262 e. The molecule has 156 valence electrons. The molecule has 0 spiro atoms. The van der Waals surface area contributed by atoms with Crippen LogP contribution < -0.4 is 10.2 Å². The Morgan fingerprint density at radius 1 is 0.833 bits per heavy atom. The van der Waals surface area contributed by atoms with Crippen LogP contribution in [-0.2, 0) is 13.1 Å². The fraction of sp³-hybridized carbons (Fsp3) is 0.174. The summed E-state index contributed by atoms with van der Waals surface area (Å²) < 4.78 is 11.4. The van der Waals surface area contributed by atoms with Crippen LogP contribution in [0, 0.1) is 5.82 Å². The van der Waals surface area contributed by atoms with Crippen molar-refractivity contribution in [3.63, 3.8) is 0 Å². The first-order valence-corrected chi connectivity index (χ1v) is 10.5. The molecule has 0 aliphatic rings. The zero-order valence-electron chi connectivity index (χ0n) is 16.0. The molecular weight excluding hydrogens is 446 g/mol. The second kappa shape index (κ2) is 10.3. The summed E-state index contributed by atoms with van der Waals surface area (Å²) in [6.07, 6.45) is -0.847. The van der Waals surface area contributed by atoms with Crippen molar-refractivity contribution >= 4 is 40.7 Å². The van der Waals surface area contributed by atoms with Gasteiger partial charge in [0.15, 0.2) is 0 Å². The van der Waals surface area contributed by atoms with Gasteiger partial charge in [0.1, 0.15) is 18.9 Å². The predicted octanol–water partition coefficient (Wildman–Crippen LogP) is 4.54. The van der Waals surface area contributed by atoms with Crippen LogP contribution in [0.2, 0.25) is 0 Å². The van der Waals surface area contributed by atoms with E-state index in [1.807, 2.05) is 60.7 Å². The van der Waals surface area contributed by atoms with E-state index in [0.29, 0.717) is 13.1 Å². The first-order valence-electron chi connectivity index (χ1n) is 9.38. The second-order valence-corrected chi connectivity index (χ2v) is 9.31. The van der Waals surface area contributed by atoms with E-state index in [1.54, 1.807) is 0 Å². The van der Waals surface area contributed by atoms with Gasteiger partial charge in [-0.25, -0.2) is 4.39 Å². The Kier molecular flexibility index (Phi) is 7.73. The molecule has 2 N–H and O–H groups in total. The number of halogens is 4. The molecule has 30 heavy (non-hydrogen) atoms. The van der Waals surface area contributed by atoms with E-state index in [4.69, 9.17) is 34.8 Å². The van der Waals surface area contributed by atoms with Gasteiger partial charge >= 0.3 is 0 Å². The van der Waals surface area contributed by atoms with Crippen molar-refractivity contribution < 1.29 is 14.1 Å². The zero-order chi connectivity index (χ0) is 21.6. The molecule has 0 saturated carbocycles. The van der Waals surface area contributed by atoms with Crippen molar-refractivity contribution in [2.45, 2.75) is 23.0 Å². The monoisotopic (exact) mass is 465 g/mol. The number of carbonyl (C=O) groups is 1. The molecule has 0 heterocycles. The average molecular weight is 467 g/mol. The number of amides is 1. The molecule has 0 saturated heterocycles. The van der Waals surface area contributed by atoms with E-state index in [9.17, 15) is 9.18 Å². The number of carbonyl (C=O) groups excluding carboxylic acids is 1. The lowest BCUT2D eigenvalue weighted by Gasteiger charge is -2.33. The molecule has 0 aliphatic carbocycles. The van der Waals surface area contributed by atoms with Gasteiger partial charge in [-0.15, -0.1) is 0 Å². The van der Waals surface area contributed by atoms with Gasteiger partial charge in [-0.1, -0.05) is 95.5 Å². The number of hydrogen-bond donors (Lipinski definition) is 2. The van der Waals surface area contributed by atoms with Crippen molar-refractivity contribution in [1.29, 1.82) is 0 Å². The molecule has 3 nitrogen and oxygen atoms in total. The minimum Gasteiger partial charge on any atom is -0.304 e. The maximum Gasteiger partial charge on any atom is 0.262 e. The van der Waals surface area contributed by atoms with Crippen molar-refractivity contribution in [2.24, 2.45) is 0 Å². The lowest BCUT2D eigenvalue weighted by Crippen LogP contribution is -3.17. The number of alkyl halides is 3. The largest absolute Gasteiger partial charge is 0.304 e. The lowest BCUT2D eigenvalue weighted by atomic mass is 10.1. The van der Waals surface area contributed by atoms with Crippen molar-refractivity contribution in [3.05, 3.63) is 107 Å². The Morgan fingerprint density at radius 2 is 1.30 bits per heavy atom. The molecule has 3 aromatic rings. The van der Waals surface area contributed by atoms with Crippen LogP contribution in [0.15, 0.2) is 84.9 Å². The highest BCUT2D eigenvalue weighted by Crippen LogP contribution is 2.28. The van der Waals surface area contributed by atoms with Crippen molar-refractivity contribution in [3.8, 4) is 0 Å². The molecule has 0 aliphatic heterocycles. The summed E-state index contributed by atoms with van der Waals surface area (Å²) in [6, 6.07) is 24.8. The predicted molar refractivity (Wildman–Crippen MR) is 119 cm³/mol. The Morgan fingerprint density at radius 3 is 1.73 bits per heavy atom. The van der Waals surface area contributed by atoms with E-state index in [2.05, 4.69) is 5.32 Å². The molecule has 3 aromatic carbocycles. The quantitative estimate of drug-likeness (QED) is 0.389. The number of benzene rings is 3. The van der Waals surface area contributed by atoms with Crippen molar-refractivity contribution in [1.82, 2.24) is 5.32 Å². The molecule has 3 rings (SSSR count). The summed E-state index contributed by atoms with van der Waals surface area (Å²) >= 11 is 19.0. The van der Waals surface area contributed by atoms with E-state index in [1.165, 1.54) is 24.3 Å². The summed E-state index contributed by atoms with van der Waals surface area (Å²) in [4.78, 5) is 13.6. The van der Waals surface area contributed by atoms with Gasteiger partial charge in [-0.3, -0.25) is 10.1 Å². The molecule has 0 unspecified atom stereocenters. The van der Waals surface area contributed by atoms with Gasteiger partial charge in [0.05, 0.1) is 0 Å². The standard InChI is InChI=1S/C23H20Cl3FN2O/c24-23(25,26)22(28-21(30)19-11-13-20(27)14-12-19)29(15-17-7-3-1-4-8-17)16-18-9-5-2-6-10-18/h1-14,22H,15-16H2,(H,28,30)/p+1/t22-/m1/s1. The van der Waals surface area contributed by atoms with Gasteiger partial charge in [-0.2, -0.15) is 0 Å². The molecule has 7 heteroatoms. The molecule has 1 amide bonds. The van der Waals surface area contributed by atoms with E-state index >= 15 is 0 Å². The summed E-state index contributed by atoms with van der Waals surface area (Å²) in [7, 11) is 0. The summed E-state index contributed by atoms with van der Waals surface area (Å²) in [5.74, 6) is -0.866. The highest BCUT2D eigenvalue weighted by Gasteiger charge is 2.42. The normalized spacial score (nSPS) is 12.6. The van der Waals surface area contributed by atoms with Crippen LogP contribution in [0.1, 0.15) is 21.5 Å². The van der Waals surface area contributed by atoms with Gasteiger partial charge in [-0.05, 0) is 24.3 Å². The maximum atomic E-state index is 13.2. The third kappa shape index (κ3) is 6.44. The summed E-state index contributed by atoms with van der Waals surface area (Å²) in [5.41, 5.74) is 2.37. The number of rotatable bonds is 7. The van der Waals surface area contributed by atoms with Gasteiger partial charge in [0.25, 0.3) is 9.70 Å². The summed E-state index contributed by atoms with van der Waals surface area (Å²) in [6.45, 7) is 1.05. The number of hydrogen-bond acceptors (Lipinski definition) is 1. The minimum absolute atomic E-state index is 0.287. The highest BCUT2D eigenvalue weighted by atomic mass is 35.6. The van der Waals surface area contributed by atoms with Crippen LogP contribution >= 0.6 is 34.8 Å². The Hall–Kier alpha value is -2.11. The van der Waals surface area contributed by atoms with E-state index in [0.717, 1.165) is 16.0 Å². The van der Waals surface area contributed by atoms with Crippen molar-refractivity contribution in [2.75, 3.05) is 0 Å². The van der Waals surface area contributed by atoms with Gasteiger partial charge < -0.3 is 4.90 Å². The fourth-order valence-corrected chi connectivity index (χ4v) is 3.84. The van der Waals surface area contributed by atoms with Gasteiger partial charge in [0, 0.05) is 16.7 Å². The first-order chi connectivity index (χ1) is 14.3. The molecule has 0 fully saturated rings. The molecular formula is C23H21Cl3FN2O+. The van der Waals surface area contributed by atoms with Crippen LogP contribution in [0.4, 0.5) is 4.39 Å². The van der Waals surface area contributed by atoms with Crippen LogP contribution in [-0.4, -0.2) is 15.9 Å². The van der Waals surface area contributed by atoms with Gasteiger partial charge in [0.2, 0.25) is 6.17 Å². The second-order valence-electron chi connectivity index (χ2n) is 6.94. The van der Waals surface area contributed by atoms with E-state index in [-0.39, 0.29) is 5.56 Å². The number of quaternary nitrogens is 1. The van der Waals surface area contributed by atoms with Crippen LogP contribution in [0.3, 0.4) is 0 Å². The Labute approximate surface area is 190 Å². The molecule has 1 atom stereocenters. The number of nitrogens with one attached hydrogen (secondary N) is 2. The first kappa shape index (κ1) is 22.6. The minimum atomic E-state index is -1.77. The SMILES string of the molecule is O=C(N[C@H]([NH+](Cc1ccccc1)Cc1ccccc1)C(Cl)(Cl)Cl)c1ccc(F)cc1. The third-order valence-corrected chi connectivity index (χ3v) is 5.32. The third-order valence-electron chi connectivity index (χ3n) is 4.67. The Bertz CT molecular complexity index is 906. The van der Waals surface area contributed by atoms with Crippen LogP contribution in [0.5, 0.6) is 0 Å². The fourth-order valence-electron chi connectivity index (χ4n) is 3.21. The summed E-state index contributed by atoms with van der Waals surface area (Å²) in [5, 5.41) is 2.84. The molecule has 0 radical (unpaired) electrons. The molecule has 0 aromatic heterocycles. The maximum absolute atomic E-state index is 13.2. The highest BCUT2D eigenvalue weighted by molar-refractivity contribution is 6.68.